The van der Waals surface area contributed by atoms with Crippen molar-refractivity contribution in [3.63, 3.8) is 0 Å². The lowest BCUT2D eigenvalue weighted by Crippen LogP contribution is -2.32. The summed E-state index contributed by atoms with van der Waals surface area (Å²) in [6.07, 6.45) is 1.24. The maximum absolute atomic E-state index is 12.0. The summed E-state index contributed by atoms with van der Waals surface area (Å²) in [4.78, 5) is 13.7. The Bertz CT molecular complexity index is 468. The maximum atomic E-state index is 12.0. The molecule has 1 aromatic carbocycles. The SMILES string of the molecule is CNCCN(C)C(=O)CCc1ccc2c(c1)OCCO2.Cl. The Morgan fingerprint density at radius 1 is 1.29 bits per heavy atom. The number of nitrogens with zero attached hydrogens (tertiary/aromatic N) is 1. The van der Waals surface area contributed by atoms with E-state index in [2.05, 4.69) is 5.32 Å². The zero-order chi connectivity index (χ0) is 14.4. The molecule has 0 saturated carbocycles. The van der Waals surface area contributed by atoms with Gasteiger partial charge in [-0.15, -0.1) is 12.4 Å². The number of amides is 1. The summed E-state index contributed by atoms with van der Waals surface area (Å²) >= 11 is 0. The number of benzene rings is 1. The fourth-order valence-corrected chi connectivity index (χ4v) is 2.09. The van der Waals surface area contributed by atoms with Crippen LogP contribution < -0.4 is 14.8 Å². The smallest absolute Gasteiger partial charge is 0.222 e. The molecule has 1 aliphatic heterocycles. The Hall–Kier alpha value is -1.46. The molecule has 0 aliphatic carbocycles. The second-order valence-electron chi connectivity index (χ2n) is 4.90. The van der Waals surface area contributed by atoms with Crippen LogP contribution in [0, 0.1) is 0 Å². The third-order valence-corrected chi connectivity index (χ3v) is 3.36. The van der Waals surface area contributed by atoms with Crippen molar-refractivity contribution in [3.05, 3.63) is 23.8 Å². The van der Waals surface area contributed by atoms with Crippen molar-refractivity contribution in [3.8, 4) is 11.5 Å². The zero-order valence-electron chi connectivity index (χ0n) is 12.6. The number of likely N-dealkylation sites (N-methyl/N-ethyl adjacent to an activating group) is 2. The number of ether oxygens (including phenoxy) is 2. The lowest BCUT2D eigenvalue weighted by atomic mass is 10.1. The van der Waals surface area contributed by atoms with Crippen LogP contribution in [-0.2, 0) is 11.2 Å². The fraction of sp³-hybridized carbons (Fsp3) is 0.533. The van der Waals surface area contributed by atoms with E-state index in [1.54, 1.807) is 4.90 Å². The Balaban J connectivity index is 0.00000220. The second-order valence-corrected chi connectivity index (χ2v) is 4.90. The monoisotopic (exact) mass is 314 g/mol. The largest absolute Gasteiger partial charge is 0.486 e. The van der Waals surface area contributed by atoms with E-state index in [-0.39, 0.29) is 18.3 Å². The first-order valence-electron chi connectivity index (χ1n) is 6.98. The first-order chi connectivity index (χ1) is 9.70. The van der Waals surface area contributed by atoms with Crippen LogP contribution >= 0.6 is 12.4 Å². The van der Waals surface area contributed by atoms with Gasteiger partial charge in [0.05, 0.1) is 0 Å². The predicted molar refractivity (Wildman–Crippen MR) is 84.6 cm³/mol. The van der Waals surface area contributed by atoms with Gasteiger partial charge in [0.15, 0.2) is 11.5 Å². The number of carbonyl (C=O) groups excluding carboxylic acids is 1. The minimum absolute atomic E-state index is 0. The van der Waals surface area contributed by atoms with Crippen molar-refractivity contribution in [1.82, 2.24) is 10.2 Å². The van der Waals surface area contributed by atoms with Gasteiger partial charge in [0.1, 0.15) is 13.2 Å². The predicted octanol–water partition coefficient (Wildman–Crippen LogP) is 1.49. The third-order valence-electron chi connectivity index (χ3n) is 3.36. The van der Waals surface area contributed by atoms with Crippen molar-refractivity contribution in [2.75, 3.05) is 40.4 Å². The van der Waals surface area contributed by atoms with Crippen molar-refractivity contribution < 1.29 is 14.3 Å². The molecule has 0 fully saturated rings. The summed E-state index contributed by atoms with van der Waals surface area (Å²) in [6.45, 7) is 2.73. The number of rotatable bonds is 6. The van der Waals surface area contributed by atoms with Gasteiger partial charge in [-0.05, 0) is 31.2 Å². The number of hydrogen-bond donors (Lipinski definition) is 1. The molecule has 0 saturated heterocycles. The molecular weight excluding hydrogens is 292 g/mol. The first-order valence-corrected chi connectivity index (χ1v) is 6.98. The maximum Gasteiger partial charge on any atom is 0.222 e. The Morgan fingerprint density at radius 3 is 2.71 bits per heavy atom. The average molecular weight is 315 g/mol. The van der Waals surface area contributed by atoms with Gasteiger partial charge in [-0.1, -0.05) is 6.07 Å². The number of fused-ring (bicyclic) bond motifs is 1. The normalized spacial score (nSPS) is 12.5. The summed E-state index contributed by atoms with van der Waals surface area (Å²) in [7, 11) is 3.72. The Kier molecular flexibility index (Phi) is 7.32. The van der Waals surface area contributed by atoms with Crippen molar-refractivity contribution >= 4 is 18.3 Å². The molecule has 0 spiro atoms. The van der Waals surface area contributed by atoms with Crippen LogP contribution in [0.25, 0.3) is 0 Å². The van der Waals surface area contributed by atoms with Crippen LogP contribution in [0.4, 0.5) is 0 Å². The Labute approximate surface area is 132 Å². The number of nitrogens with one attached hydrogen (secondary N) is 1. The van der Waals surface area contributed by atoms with Crippen molar-refractivity contribution in [2.45, 2.75) is 12.8 Å². The number of carbonyl (C=O) groups is 1. The highest BCUT2D eigenvalue weighted by atomic mass is 35.5. The minimum atomic E-state index is 0. The van der Waals surface area contributed by atoms with Gasteiger partial charge in [0.2, 0.25) is 5.91 Å². The van der Waals surface area contributed by atoms with Gasteiger partial charge in [-0.2, -0.15) is 0 Å². The molecule has 0 aromatic heterocycles. The highest BCUT2D eigenvalue weighted by Crippen LogP contribution is 2.31. The summed E-state index contributed by atoms with van der Waals surface area (Å²) in [5.41, 5.74) is 1.10. The second kappa shape index (κ2) is 8.74. The van der Waals surface area contributed by atoms with Crippen LogP contribution in [0.1, 0.15) is 12.0 Å². The molecule has 21 heavy (non-hydrogen) atoms. The van der Waals surface area contributed by atoms with Crippen molar-refractivity contribution in [2.24, 2.45) is 0 Å². The average Bonchev–Trinajstić information content (AvgIpc) is 2.50. The summed E-state index contributed by atoms with van der Waals surface area (Å²) in [5.74, 6) is 1.73. The molecule has 118 valence electrons. The van der Waals surface area contributed by atoms with Gasteiger partial charge in [-0.25, -0.2) is 0 Å². The van der Waals surface area contributed by atoms with Gasteiger partial charge in [-0.3, -0.25) is 4.79 Å². The third kappa shape index (κ3) is 5.10. The van der Waals surface area contributed by atoms with Gasteiger partial charge < -0.3 is 19.7 Å². The van der Waals surface area contributed by atoms with E-state index in [1.165, 1.54) is 0 Å². The standard InChI is InChI=1S/C15H22N2O3.ClH/c1-16-7-8-17(2)15(18)6-4-12-3-5-13-14(11-12)20-10-9-19-13;/h3,5,11,16H,4,6-10H2,1-2H3;1H. The van der Waals surface area contributed by atoms with E-state index >= 15 is 0 Å². The van der Waals surface area contributed by atoms with Crippen LogP contribution in [0.5, 0.6) is 11.5 Å². The molecule has 1 amide bonds. The Morgan fingerprint density at radius 2 is 2.00 bits per heavy atom. The summed E-state index contributed by atoms with van der Waals surface area (Å²) in [6, 6.07) is 5.88. The molecule has 0 bridgehead atoms. The number of hydrogen-bond acceptors (Lipinski definition) is 4. The van der Waals surface area contributed by atoms with E-state index in [4.69, 9.17) is 9.47 Å². The number of halogens is 1. The van der Waals surface area contributed by atoms with E-state index < -0.39 is 0 Å². The molecule has 0 atom stereocenters. The highest BCUT2D eigenvalue weighted by Gasteiger charge is 2.13. The molecule has 0 radical (unpaired) electrons. The molecule has 0 unspecified atom stereocenters. The molecule has 1 aliphatic rings. The van der Waals surface area contributed by atoms with E-state index in [9.17, 15) is 4.79 Å². The molecule has 6 heteroatoms. The summed E-state index contributed by atoms with van der Waals surface area (Å²) < 4.78 is 11.0. The first kappa shape index (κ1) is 17.6. The van der Waals surface area contributed by atoms with Gasteiger partial charge in [0, 0.05) is 26.6 Å². The molecule has 2 rings (SSSR count). The van der Waals surface area contributed by atoms with Crippen molar-refractivity contribution in [1.29, 1.82) is 0 Å². The molecule has 1 N–H and O–H groups in total. The van der Waals surface area contributed by atoms with E-state index in [0.29, 0.717) is 19.6 Å². The fourth-order valence-electron chi connectivity index (χ4n) is 2.09. The van der Waals surface area contributed by atoms with Gasteiger partial charge >= 0.3 is 0 Å². The van der Waals surface area contributed by atoms with Crippen LogP contribution in [0.3, 0.4) is 0 Å². The number of aryl methyl sites for hydroxylation is 1. The van der Waals surface area contributed by atoms with E-state index in [0.717, 1.165) is 36.6 Å². The molecule has 5 nitrogen and oxygen atoms in total. The quantitative estimate of drug-likeness (QED) is 0.864. The summed E-state index contributed by atoms with van der Waals surface area (Å²) in [5, 5.41) is 3.04. The van der Waals surface area contributed by atoms with Crippen LogP contribution in [0.2, 0.25) is 0 Å². The topological polar surface area (TPSA) is 50.8 Å². The van der Waals surface area contributed by atoms with Crippen LogP contribution in [-0.4, -0.2) is 51.2 Å². The highest BCUT2D eigenvalue weighted by molar-refractivity contribution is 5.85. The van der Waals surface area contributed by atoms with Crippen LogP contribution in [0.15, 0.2) is 18.2 Å². The lowest BCUT2D eigenvalue weighted by molar-refractivity contribution is -0.129. The molecular formula is C15H23ClN2O3. The van der Waals surface area contributed by atoms with E-state index in [1.807, 2.05) is 32.3 Å². The zero-order valence-corrected chi connectivity index (χ0v) is 13.4. The van der Waals surface area contributed by atoms with Gasteiger partial charge in [0.25, 0.3) is 0 Å². The molecule has 1 heterocycles. The minimum Gasteiger partial charge on any atom is -0.486 e. The molecule has 1 aromatic rings. The lowest BCUT2D eigenvalue weighted by Gasteiger charge is -2.19.